The van der Waals surface area contributed by atoms with E-state index in [2.05, 4.69) is 48.5 Å². The van der Waals surface area contributed by atoms with E-state index in [0.717, 1.165) is 50.5 Å². The first kappa shape index (κ1) is 38.6. The van der Waals surface area contributed by atoms with E-state index in [9.17, 15) is 19.2 Å². The molecule has 0 aromatic heterocycles. The van der Waals surface area contributed by atoms with E-state index in [0.29, 0.717) is 12.8 Å². The van der Waals surface area contributed by atoms with Crippen molar-refractivity contribution in [1.82, 2.24) is 0 Å². The molecule has 0 N–H and O–H groups in total. The molecule has 1 aromatic carbocycles. The molecule has 0 spiro atoms. The highest BCUT2D eigenvalue weighted by Crippen LogP contribution is 2.75. The van der Waals surface area contributed by atoms with Crippen LogP contribution in [0.5, 0.6) is 0 Å². The van der Waals surface area contributed by atoms with Crippen molar-refractivity contribution in [3.63, 3.8) is 0 Å². The third kappa shape index (κ3) is 6.22. The number of carbonyl (C=O) groups excluding carboxylic acids is 4. The number of allylic oxidation sites excluding steroid dienone is 2. The summed E-state index contributed by atoms with van der Waals surface area (Å²) >= 11 is 0. The Morgan fingerprint density at radius 1 is 0.808 bits per heavy atom. The van der Waals surface area contributed by atoms with Gasteiger partial charge in [0, 0.05) is 12.8 Å². The van der Waals surface area contributed by atoms with E-state index in [1.165, 1.54) is 12.5 Å². The highest BCUT2D eigenvalue weighted by molar-refractivity contribution is 5.96. The topological polar surface area (TPSA) is 105 Å². The van der Waals surface area contributed by atoms with Crippen LogP contribution in [0.25, 0.3) is 0 Å². The highest BCUT2D eigenvalue weighted by Gasteiger charge is 2.70. The number of esters is 2. The molecule has 286 valence electrons. The van der Waals surface area contributed by atoms with Crippen LogP contribution in [-0.2, 0) is 39.9 Å². The lowest BCUT2D eigenvalue weighted by Crippen LogP contribution is -2.66. The Labute approximate surface area is 311 Å². The summed E-state index contributed by atoms with van der Waals surface area (Å²) in [5.74, 6) is -0.604. The summed E-state index contributed by atoms with van der Waals surface area (Å²) < 4.78 is 21.9. The van der Waals surface area contributed by atoms with Gasteiger partial charge in [0.2, 0.25) is 6.29 Å². The molecule has 6 rings (SSSR count). The number of carbonyl (C=O) groups is 4. The van der Waals surface area contributed by atoms with Gasteiger partial charge in [-0.3, -0.25) is 14.4 Å². The van der Waals surface area contributed by atoms with Crippen LogP contribution in [0.3, 0.4) is 0 Å². The second-order valence-corrected chi connectivity index (χ2v) is 19.3. The third-order valence-corrected chi connectivity index (χ3v) is 15.5. The van der Waals surface area contributed by atoms with Gasteiger partial charge in [-0.05, 0) is 129 Å². The van der Waals surface area contributed by atoms with Gasteiger partial charge in [-0.1, -0.05) is 77.4 Å². The molecule has 4 saturated carbocycles. The van der Waals surface area contributed by atoms with Crippen LogP contribution in [0.2, 0.25) is 0 Å². The predicted molar refractivity (Wildman–Crippen MR) is 197 cm³/mol. The average Bonchev–Trinajstić information content (AvgIpc) is 3.05. The lowest BCUT2D eigenvalue weighted by Gasteiger charge is -2.70. The van der Waals surface area contributed by atoms with Crippen molar-refractivity contribution < 1.29 is 38.1 Å². The van der Waals surface area contributed by atoms with Crippen molar-refractivity contribution >= 4 is 23.9 Å². The standard InChI is InChI=1S/C44H62O8/c1-27(2)50-38(48)52-28(3)51-36(46)30-16-18-42(8)34(39(30,4)5)17-19-44(10)35(42)33(45)24-31-32-25-41(7,21-20-40(32,6)22-23-43(31,44)9)37(47)49-26-29-14-12-11-13-15-29/h11-15,24,27-28,30,32,34-35H,16-23,25-26H2,1-10H3/t28?,30-,32?,34+,35-,40-,41+,42+,43-,44-/m1/s1. The van der Waals surface area contributed by atoms with Crippen LogP contribution in [0.1, 0.15) is 133 Å². The lowest BCUT2D eigenvalue weighted by atomic mass is 9.33. The number of rotatable bonds is 7. The molecule has 52 heavy (non-hydrogen) atoms. The van der Waals surface area contributed by atoms with Crippen molar-refractivity contribution in [2.45, 2.75) is 146 Å². The second kappa shape index (κ2) is 13.3. The van der Waals surface area contributed by atoms with E-state index in [-0.39, 0.29) is 75.8 Å². The third-order valence-electron chi connectivity index (χ3n) is 15.5. The summed E-state index contributed by atoms with van der Waals surface area (Å²) in [6.07, 6.45) is 7.42. The summed E-state index contributed by atoms with van der Waals surface area (Å²) in [7, 11) is 0. The number of ketones is 1. The lowest BCUT2D eigenvalue weighted by molar-refractivity contribution is -0.206. The quantitative estimate of drug-likeness (QED) is 0.156. The van der Waals surface area contributed by atoms with Crippen LogP contribution in [-0.4, -0.2) is 36.3 Å². The van der Waals surface area contributed by atoms with Gasteiger partial charge < -0.3 is 18.9 Å². The first-order valence-corrected chi connectivity index (χ1v) is 19.8. The molecule has 0 radical (unpaired) electrons. The maximum atomic E-state index is 14.9. The first-order chi connectivity index (χ1) is 24.2. The van der Waals surface area contributed by atoms with E-state index in [4.69, 9.17) is 18.9 Å². The fraction of sp³-hybridized carbons (Fsp3) is 0.727. The van der Waals surface area contributed by atoms with E-state index in [1.54, 1.807) is 13.8 Å². The van der Waals surface area contributed by atoms with Crippen molar-refractivity contribution in [3.05, 3.63) is 47.5 Å². The van der Waals surface area contributed by atoms with Gasteiger partial charge in [-0.15, -0.1) is 0 Å². The molecule has 5 aliphatic rings. The van der Waals surface area contributed by atoms with Crippen LogP contribution in [0.4, 0.5) is 4.79 Å². The molecule has 0 saturated heterocycles. The molecule has 10 atom stereocenters. The zero-order chi connectivity index (χ0) is 38.1. The smallest absolute Gasteiger partial charge is 0.460 e. The van der Waals surface area contributed by atoms with E-state index >= 15 is 0 Å². The Morgan fingerprint density at radius 3 is 2.15 bits per heavy atom. The fourth-order valence-electron chi connectivity index (χ4n) is 12.3. The average molecular weight is 719 g/mol. The van der Waals surface area contributed by atoms with Gasteiger partial charge in [-0.2, -0.15) is 0 Å². The molecule has 4 fully saturated rings. The van der Waals surface area contributed by atoms with Gasteiger partial charge >= 0.3 is 18.1 Å². The normalized spacial score (nSPS) is 39.8. The minimum absolute atomic E-state index is 0.0297. The second-order valence-electron chi connectivity index (χ2n) is 19.3. The zero-order valence-corrected chi connectivity index (χ0v) is 33.3. The van der Waals surface area contributed by atoms with Gasteiger partial charge in [0.05, 0.1) is 17.4 Å². The van der Waals surface area contributed by atoms with Crippen molar-refractivity contribution in [1.29, 1.82) is 0 Å². The molecule has 0 amide bonds. The fourth-order valence-corrected chi connectivity index (χ4v) is 12.3. The summed E-state index contributed by atoms with van der Waals surface area (Å²) in [5, 5.41) is 0. The summed E-state index contributed by atoms with van der Waals surface area (Å²) in [6, 6.07) is 9.84. The number of fused-ring (bicyclic) bond motifs is 7. The van der Waals surface area contributed by atoms with Gasteiger partial charge in [-0.25, -0.2) is 4.79 Å². The van der Waals surface area contributed by atoms with E-state index in [1.807, 2.05) is 36.4 Å². The molecule has 8 nitrogen and oxygen atoms in total. The molecule has 8 heteroatoms. The monoisotopic (exact) mass is 718 g/mol. The minimum Gasteiger partial charge on any atom is -0.460 e. The molecule has 0 heterocycles. The van der Waals surface area contributed by atoms with Gasteiger partial charge in [0.1, 0.15) is 6.61 Å². The highest BCUT2D eigenvalue weighted by atomic mass is 16.8. The molecular formula is C44H62O8. The van der Waals surface area contributed by atoms with Crippen LogP contribution in [0.15, 0.2) is 42.0 Å². The number of hydrogen-bond acceptors (Lipinski definition) is 8. The van der Waals surface area contributed by atoms with Crippen molar-refractivity contribution in [2.24, 2.45) is 56.2 Å². The van der Waals surface area contributed by atoms with Gasteiger partial charge in [0.15, 0.2) is 5.78 Å². The summed E-state index contributed by atoms with van der Waals surface area (Å²) in [5.41, 5.74) is 0.467. The van der Waals surface area contributed by atoms with Crippen LogP contribution in [0, 0.1) is 56.2 Å². The SMILES string of the molecule is CC(C)OC(=O)OC(C)OC(=O)[C@H]1CC[C@]2(C)[C@H]3C(=O)C=C4C5C[C@@](C)(C(=O)OCc6ccccc6)CC[C@]5(C)CC[C@@]4(C)[C@]3(C)CC[C@H]2C1(C)C. The molecule has 2 unspecified atom stereocenters. The van der Waals surface area contributed by atoms with E-state index < -0.39 is 23.3 Å². The molecule has 1 aromatic rings. The number of benzene rings is 1. The molecule has 5 aliphatic carbocycles. The molecular weight excluding hydrogens is 656 g/mol. The molecule has 0 aliphatic heterocycles. The largest absolute Gasteiger partial charge is 0.511 e. The van der Waals surface area contributed by atoms with Crippen LogP contribution >= 0.6 is 0 Å². The Morgan fingerprint density at radius 2 is 1.48 bits per heavy atom. The van der Waals surface area contributed by atoms with Gasteiger partial charge in [0.25, 0.3) is 0 Å². The Hall–Kier alpha value is -3.16. The molecule has 0 bridgehead atoms. The first-order valence-electron chi connectivity index (χ1n) is 19.8. The van der Waals surface area contributed by atoms with Crippen molar-refractivity contribution in [2.75, 3.05) is 0 Å². The Bertz CT molecular complexity index is 1610. The number of ether oxygens (including phenoxy) is 4. The minimum atomic E-state index is -1.06. The summed E-state index contributed by atoms with van der Waals surface area (Å²) in [6.45, 7) is 21.1. The maximum Gasteiger partial charge on any atom is 0.511 e. The summed E-state index contributed by atoms with van der Waals surface area (Å²) in [4.78, 5) is 54.3. The zero-order valence-electron chi connectivity index (χ0n) is 33.3. The predicted octanol–water partition coefficient (Wildman–Crippen LogP) is 9.78. The van der Waals surface area contributed by atoms with Crippen molar-refractivity contribution in [3.8, 4) is 0 Å². The van der Waals surface area contributed by atoms with Crippen LogP contribution < -0.4 is 0 Å². The Kier molecular flexibility index (Phi) is 9.86. The number of hydrogen-bond donors (Lipinski definition) is 0. The Balaban J connectivity index is 1.24. The maximum absolute atomic E-state index is 14.9.